The summed E-state index contributed by atoms with van der Waals surface area (Å²) in [6, 6.07) is 10.2. The molecule has 9 nitrogen and oxygen atoms in total. The number of fused-ring (bicyclic) bond motifs is 1. The highest BCUT2D eigenvalue weighted by atomic mass is 19.4. The molecule has 3 aromatic rings. The molecular formula is C29H30F4N4O5. The minimum atomic E-state index is -5.27. The number of hydrogen-bond donors (Lipinski definition) is 5. The molecule has 1 aromatic heterocycles. The van der Waals surface area contributed by atoms with Gasteiger partial charge in [-0.25, -0.2) is 9.37 Å². The van der Waals surface area contributed by atoms with Gasteiger partial charge in [-0.15, -0.1) is 0 Å². The van der Waals surface area contributed by atoms with Crippen molar-refractivity contribution in [2.75, 3.05) is 31.6 Å². The fourth-order valence-electron chi connectivity index (χ4n) is 4.60. The van der Waals surface area contributed by atoms with Crippen LogP contribution in [0, 0.1) is 5.82 Å². The maximum Gasteiger partial charge on any atom is 0.424 e. The fourth-order valence-corrected chi connectivity index (χ4v) is 4.60. The number of carbonyl (C=O) groups is 1. The van der Waals surface area contributed by atoms with Crippen LogP contribution in [0.25, 0.3) is 11.3 Å². The molecule has 42 heavy (non-hydrogen) atoms. The van der Waals surface area contributed by atoms with E-state index in [1.165, 1.54) is 30.3 Å². The van der Waals surface area contributed by atoms with E-state index in [4.69, 9.17) is 20.3 Å². The smallest absolute Gasteiger partial charge is 0.424 e. The lowest BCUT2D eigenvalue weighted by Gasteiger charge is -2.31. The summed E-state index contributed by atoms with van der Waals surface area (Å²) in [7, 11) is 0. The lowest BCUT2D eigenvalue weighted by molar-refractivity contribution is -0.265. The van der Waals surface area contributed by atoms with Gasteiger partial charge < -0.3 is 36.1 Å². The Kier molecular flexibility index (Phi) is 7.77. The molecule has 5 rings (SSSR count). The molecule has 2 aliphatic rings. The number of nitrogens with one attached hydrogen (secondary N) is 2. The van der Waals surface area contributed by atoms with Crippen LogP contribution in [0.2, 0.25) is 0 Å². The van der Waals surface area contributed by atoms with Crippen molar-refractivity contribution in [3.63, 3.8) is 0 Å². The van der Waals surface area contributed by atoms with Crippen molar-refractivity contribution in [2.45, 2.75) is 43.2 Å². The Labute approximate surface area is 238 Å². The number of hydrogen-bond acceptors (Lipinski definition) is 8. The number of carbonyl (C=O) groups excluding carboxylic acids is 1. The van der Waals surface area contributed by atoms with Gasteiger partial charge in [0.15, 0.2) is 11.5 Å². The molecule has 0 radical (unpaired) electrons. The molecule has 1 amide bonds. The number of halogens is 4. The number of ether oxygens (including phenoxy) is 2. The van der Waals surface area contributed by atoms with Crippen LogP contribution in [0.1, 0.15) is 41.4 Å². The topological polar surface area (TPSA) is 139 Å². The third-order valence-electron chi connectivity index (χ3n) is 7.16. The monoisotopic (exact) mass is 590 g/mol. The maximum atomic E-state index is 14.6. The largest absolute Gasteiger partial charge is 0.487 e. The fraction of sp³-hybridized carbons (Fsp3) is 0.379. The summed E-state index contributed by atoms with van der Waals surface area (Å²) in [5.41, 5.74) is 1.79. The highest BCUT2D eigenvalue weighted by Gasteiger charge is 2.57. The van der Waals surface area contributed by atoms with Crippen LogP contribution in [-0.4, -0.2) is 59.7 Å². The van der Waals surface area contributed by atoms with E-state index in [0.717, 1.165) is 31.0 Å². The third kappa shape index (κ3) is 5.85. The molecule has 0 saturated heterocycles. The summed E-state index contributed by atoms with van der Waals surface area (Å²) in [5.74, 6) is -0.985. The first-order valence-electron chi connectivity index (χ1n) is 13.3. The van der Waals surface area contributed by atoms with Gasteiger partial charge >= 0.3 is 6.18 Å². The normalized spacial score (nSPS) is 19.4. The number of aliphatic hydroxyl groups excluding tert-OH is 1. The number of nitrogens with two attached hydrogens (primary N) is 1. The van der Waals surface area contributed by atoms with Crippen molar-refractivity contribution in [2.24, 2.45) is 5.73 Å². The molecule has 2 unspecified atom stereocenters. The predicted octanol–water partition coefficient (Wildman–Crippen LogP) is 3.58. The number of amides is 1. The zero-order valence-electron chi connectivity index (χ0n) is 22.6. The first-order chi connectivity index (χ1) is 19.8. The number of aromatic nitrogens is 1. The van der Waals surface area contributed by atoms with Crippen LogP contribution >= 0.6 is 0 Å². The summed E-state index contributed by atoms with van der Waals surface area (Å²) < 4.78 is 68.5. The average Bonchev–Trinajstić information content (AvgIpc) is 3.72. The lowest BCUT2D eigenvalue weighted by atomic mass is 9.89. The zero-order chi connectivity index (χ0) is 30.3. The van der Waals surface area contributed by atoms with E-state index in [9.17, 15) is 27.5 Å². The zero-order valence-corrected chi connectivity index (χ0v) is 22.6. The van der Waals surface area contributed by atoms with Crippen molar-refractivity contribution in [3.8, 4) is 22.8 Å². The first kappa shape index (κ1) is 29.5. The average molecular weight is 591 g/mol. The molecular weight excluding hydrogens is 560 g/mol. The molecule has 2 aromatic carbocycles. The second kappa shape index (κ2) is 11.0. The molecule has 2 atom stereocenters. The van der Waals surface area contributed by atoms with Gasteiger partial charge in [-0.1, -0.05) is 0 Å². The van der Waals surface area contributed by atoms with Gasteiger partial charge in [0, 0.05) is 23.2 Å². The molecule has 0 spiro atoms. The minimum Gasteiger partial charge on any atom is -0.487 e. The molecule has 2 heterocycles. The van der Waals surface area contributed by atoms with Gasteiger partial charge in [0.05, 0.1) is 41.9 Å². The van der Waals surface area contributed by atoms with Gasteiger partial charge in [-0.3, -0.25) is 4.79 Å². The Bertz CT molecular complexity index is 1480. The van der Waals surface area contributed by atoms with Gasteiger partial charge in [0.1, 0.15) is 12.4 Å². The van der Waals surface area contributed by atoms with E-state index >= 15 is 0 Å². The Morgan fingerprint density at radius 1 is 1.17 bits per heavy atom. The standard InChI is InChI=1S/C29H30F4N4O5/c1-27(34)14-35-25-20(27)13-23(37-24(25)16-2-5-18(30)6-3-16)28(40,29(31,32)33)15-36-26(39)17-4-9-21(42-19-7-8-19)22(12-17)41-11-10-38/h2-6,9,12-13,19,35,38,40H,7-8,10-11,14-15,34H2,1H3,(H,36,39). The van der Waals surface area contributed by atoms with E-state index in [1.54, 1.807) is 6.92 Å². The summed E-state index contributed by atoms with van der Waals surface area (Å²) in [6.45, 7) is 0.138. The van der Waals surface area contributed by atoms with Crippen LogP contribution in [0.4, 0.5) is 23.2 Å². The van der Waals surface area contributed by atoms with Crippen molar-refractivity contribution in [1.29, 1.82) is 0 Å². The van der Waals surface area contributed by atoms with Crippen LogP contribution in [0.3, 0.4) is 0 Å². The molecule has 1 aliphatic carbocycles. The van der Waals surface area contributed by atoms with Crippen LogP contribution in [0.5, 0.6) is 11.5 Å². The number of aliphatic hydroxyl groups is 2. The van der Waals surface area contributed by atoms with Crippen molar-refractivity contribution < 1.29 is 42.0 Å². The quantitative estimate of drug-likeness (QED) is 0.226. The Morgan fingerprint density at radius 3 is 2.52 bits per heavy atom. The first-order valence-corrected chi connectivity index (χ1v) is 13.3. The maximum absolute atomic E-state index is 14.6. The second-order valence-electron chi connectivity index (χ2n) is 10.6. The SMILES string of the molecule is CC1(N)CNc2c1cc(C(O)(CNC(=O)c1ccc(OC3CC3)c(OCCO)c1)C(F)(F)F)nc2-c1ccc(F)cc1. The van der Waals surface area contributed by atoms with Crippen LogP contribution < -0.4 is 25.8 Å². The van der Waals surface area contributed by atoms with Gasteiger partial charge in [0.25, 0.3) is 5.91 Å². The highest BCUT2D eigenvalue weighted by Crippen LogP contribution is 2.45. The van der Waals surface area contributed by atoms with Gasteiger partial charge in [0.2, 0.25) is 5.60 Å². The number of anilines is 1. The number of benzene rings is 2. The van der Waals surface area contributed by atoms with Crippen molar-refractivity contribution in [1.82, 2.24) is 10.3 Å². The van der Waals surface area contributed by atoms with E-state index in [-0.39, 0.29) is 48.4 Å². The summed E-state index contributed by atoms with van der Waals surface area (Å²) >= 11 is 0. The van der Waals surface area contributed by atoms with E-state index in [1.807, 2.05) is 0 Å². The molecule has 1 aliphatic heterocycles. The van der Waals surface area contributed by atoms with Crippen molar-refractivity contribution >= 4 is 11.6 Å². The van der Waals surface area contributed by atoms with Crippen LogP contribution in [0.15, 0.2) is 48.5 Å². The van der Waals surface area contributed by atoms with E-state index in [0.29, 0.717) is 17.0 Å². The number of nitrogens with zero attached hydrogens (tertiary/aromatic N) is 1. The molecule has 13 heteroatoms. The Morgan fingerprint density at radius 2 is 1.88 bits per heavy atom. The second-order valence-corrected chi connectivity index (χ2v) is 10.6. The number of rotatable bonds is 10. The summed E-state index contributed by atoms with van der Waals surface area (Å²) in [5, 5.41) is 25.5. The molecule has 224 valence electrons. The van der Waals surface area contributed by atoms with Gasteiger partial charge in [-0.05, 0) is 68.3 Å². The van der Waals surface area contributed by atoms with E-state index < -0.39 is 41.3 Å². The van der Waals surface area contributed by atoms with Crippen molar-refractivity contribution in [3.05, 3.63) is 71.2 Å². The Balaban J connectivity index is 1.48. The molecule has 1 fully saturated rings. The molecule has 6 N–H and O–H groups in total. The van der Waals surface area contributed by atoms with Crippen LogP contribution in [-0.2, 0) is 11.1 Å². The molecule has 0 bridgehead atoms. The summed E-state index contributed by atoms with van der Waals surface area (Å²) in [6.07, 6.45) is -3.54. The third-order valence-corrected chi connectivity index (χ3v) is 7.16. The Hall–Kier alpha value is -3.94. The number of pyridine rings is 1. The lowest BCUT2D eigenvalue weighted by Crippen LogP contribution is -2.51. The minimum absolute atomic E-state index is 0.00754. The predicted molar refractivity (Wildman–Crippen MR) is 145 cm³/mol. The summed E-state index contributed by atoms with van der Waals surface area (Å²) in [4.78, 5) is 17.2. The highest BCUT2D eigenvalue weighted by molar-refractivity contribution is 5.95. The van der Waals surface area contributed by atoms with Gasteiger partial charge in [-0.2, -0.15) is 13.2 Å². The molecule has 1 saturated carbocycles. The number of alkyl halides is 3. The van der Waals surface area contributed by atoms with E-state index in [2.05, 4.69) is 15.6 Å².